The minimum atomic E-state index is -3.12. The van der Waals surface area contributed by atoms with E-state index in [-0.39, 0.29) is 5.82 Å². The number of hydrogen-bond acceptors (Lipinski definition) is 4. The molecule has 22 heavy (non-hydrogen) atoms. The van der Waals surface area contributed by atoms with E-state index in [2.05, 4.69) is 20.1 Å². The van der Waals surface area contributed by atoms with Gasteiger partial charge in [-0.05, 0) is 6.42 Å². The molecule has 3 aromatic heterocycles. The van der Waals surface area contributed by atoms with E-state index in [9.17, 15) is 8.78 Å². The van der Waals surface area contributed by atoms with Crippen molar-refractivity contribution < 1.29 is 8.78 Å². The van der Waals surface area contributed by atoms with Crippen molar-refractivity contribution in [3.05, 3.63) is 41.2 Å². The second-order valence-corrected chi connectivity index (χ2v) is 5.29. The zero-order valence-corrected chi connectivity index (χ0v) is 12.6. The Morgan fingerprint density at radius 2 is 2.00 bits per heavy atom. The van der Waals surface area contributed by atoms with E-state index in [0.717, 1.165) is 12.3 Å². The minimum absolute atomic E-state index is 0.278. The first-order valence-electron chi connectivity index (χ1n) is 6.64. The molecule has 0 bridgehead atoms. The predicted molar refractivity (Wildman–Crippen MR) is 78.4 cm³/mol. The molecule has 0 aliphatic heterocycles. The standard InChI is InChI=1S/C14H12ClF2N5/c1-3-9-4-12(21-13(20-9)14(2,16)17)22-10-5-11(15)18-6-8(10)7-19-22/h4-7H,3H2,1-2H3. The molecule has 8 heteroatoms. The highest BCUT2D eigenvalue weighted by Crippen LogP contribution is 2.26. The molecule has 0 N–H and O–H groups in total. The van der Waals surface area contributed by atoms with Gasteiger partial charge < -0.3 is 0 Å². The molecule has 0 saturated carbocycles. The van der Waals surface area contributed by atoms with Crippen LogP contribution in [0.25, 0.3) is 16.7 Å². The summed E-state index contributed by atoms with van der Waals surface area (Å²) in [7, 11) is 0. The molecule has 0 atom stereocenters. The molecular formula is C14H12ClF2N5. The Morgan fingerprint density at radius 3 is 2.68 bits per heavy atom. The van der Waals surface area contributed by atoms with Crippen molar-refractivity contribution in [3.8, 4) is 5.82 Å². The lowest BCUT2D eigenvalue weighted by Gasteiger charge is -2.12. The van der Waals surface area contributed by atoms with Gasteiger partial charge in [-0.15, -0.1) is 0 Å². The molecule has 3 heterocycles. The second-order valence-electron chi connectivity index (χ2n) is 4.91. The first kappa shape index (κ1) is 14.8. The number of pyridine rings is 1. The number of aromatic nitrogens is 5. The second kappa shape index (κ2) is 5.24. The molecule has 0 spiro atoms. The number of rotatable bonds is 3. The van der Waals surface area contributed by atoms with Crippen molar-refractivity contribution in [2.75, 3.05) is 0 Å². The third-order valence-electron chi connectivity index (χ3n) is 3.16. The molecule has 0 aliphatic rings. The molecule has 0 saturated heterocycles. The summed E-state index contributed by atoms with van der Waals surface area (Å²) in [6.07, 6.45) is 3.66. The highest BCUT2D eigenvalue weighted by atomic mass is 35.5. The molecule has 114 valence electrons. The van der Waals surface area contributed by atoms with Crippen LogP contribution in [0.5, 0.6) is 0 Å². The number of aryl methyl sites for hydroxylation is 1. The summed E-state index contributed by atoms with van der Waals surface area (Å²) in [5.41, 5.74) is 1.16. The summed E-state index contributed by atoms with van der Waals surface area (Å²) >= 11 is 5.89. The van der Waals surface area contributed by atoms with Gasteiger partial charge in [-0.2, -0.15) is 13.9 Å². The maximum Gasteiger partial charge on any atom is 0.303 e. The number of fused-ring (bicyclic) bond motifs is 1. The van der Waals surface area contributed by atoms with Crippen LogP contribution >= 0.6 is 11.6 Å². The van der Waals surface area contributed by atoms with E-state index < -0.39 is 11.7 Å². The Hall–Kier alpha value is -2.15. The zero-order valence-electron chi connectivity index (χ0n) is 11.9. The number of halogens is 3. The molecule has 0 fully saturated rings. The Bertz CT molecular complexity index is 841. The third-order valence-corrected chi connectivity index (χ3v) is 3.36. The van der Waals surface area contributed by atoms with Crippen molar-refractivity contribution in [1.82, 2.24) is 24.7 Å². The summed E-state index contributed by atoms with van der Waals surface area (Å²) in [6, 6.07) is 3.25. The van der Waals surface area contributed by atoms with Gasteiger partial charge in [-0.1, -0.05) is 18.5 Å². The van der Waals surface area contributed by atoms with E-state index in [4.69, 9.17) is 11.6 Å². The zero-order chi connectivity index (χ0) is 15.9. The average molecular weight is 324 g/mol. The molecule has 0 aliphatic carbocycles. The van der Waals surface area contributed by atoms with E-state index in [0.29, 0.717) is 22.8 Å². The van der Waals surface area contributed by atoms with Crippen molar-refractivity contribution in [1.29, 1.82) is 0 Å². The topological polar surface area (TPSA) is 56.5 Å². The molecule has 3 rings (SSSR count). The summed E-state index contributed by atoms with van der Waals surface area (Å²) < 4.78 is 28.6. The maximum atomic E-state index is 13.6. The largest absolute Gasteiger partial charge is 0.303 e. The van der Waals surface area contributed by atoms with Gasteiger partial charge in [0.1, 0.15) is 5.15 Å². The van der Waals surface area contributed by atoms with Crippen LogP contribution in [0.3, 0.4) is 0 Å². The van der Waals surface area contributed by atoms with Crippen molar-refractivity contribution in [2.45, 2.75) is 26.2 Å². The molecule has 5 nitrogen and oxygen atoms in total. The fourth-order valence-electron chi connectivity index (χ4n) is 2.05. The van der Waals surface area contributed by atoms with Crippen LogP contribution in [-0.4, -0.2) is 24.7 Å². The molecule has 0 radical (unpaired) electrons. The quantitative estimate of drug-likeness (QED) is 0.692. The van der Waals surface area contributed by atoms with Crippen LogP contribution in [-0.2, 0) is 12.3 Å². The minimum Gasteiger partial charge on any atom is -0.244 e. The Kier molecular flexibility index (Phi) is 3.52. The van der Waals surface area contributed by atoms with Crippen LogP contribution < -0.4 is 0 Å². The average Bonchev–Trinajstić information content (AvgIpc) is 2.88. The first-order valence-corrected chi connectivity index (χ1v) is 7.02. The van der Waals surface area contributed by atoms with Crippen molar-refractivity contribution >= 4 is 22.5 Å². The lowest BCUT2D eigenvalue weighted by atomic mass is 10.2. The fraction of sp³-hybridized carbons (Fsp3) is 0.286. The SMILES string of the molecule is CCc1cc(-n2ncc3cnc(Cl)cc32)nc(C(C)(F)F)n1. The predicted octanol–water partition coefficient (Wildman–Crippen LogP) is 3.54. The molecule has 0 amide bonds. The van der Waals surface area contributed by atoms with E-state index >= 15 is 0 Å². The smallest absolute Gasteiger partial charge is 0.244 e. The van der Waals surface area contributed by atoms with Crippen LogP contribution in [0, 0.1) is 0 Å². The molecule has 0 unspecified atom stereocenters. The van der Waals surface area contributed by atoms with Gasteiger partial charge in [0.2, 0.25) is 5.82 Å². The summed E-state index contributed by atoms with van der Waals surface area (Å²) in [5.74, 6) is -3.37. The van der Waals surface area contributed by atoms with Gasteiger partial charge in [0.15, 0.2) is 5.82 Å². The van der Waals surface area contributed by atoms with Crippen LogP contribution in [0.2, 0.25) is 5.15 Å². The maximum absolute atomic E-state index is 13.6. The monoisotopic (exact) mass is 323 g/mol. The Morgan fingerprint density at radius 1 is 1.23 bits per heavy atom. The number of alkyl halides is 2. The summed E-state index contributed by atoms with van der Waals surface area (Å²) in [6.45, 7) is 2.61. The van der Waals surface area contributed by atoms with Gasteiger partial charge in [-0.3, -0.25) is 0 Å². The third kappa shape index (κ3) is 2.64. The van der Waals surface area contributed by atoms with Crippen LogP contribution in [0.4, 0.5) is 8.78 Å². The van der Waals surface area contributed by atoms with Gasteiger partial charge in [0.05, 0.1) is 11.7 Å². The lowest BCUT2D eigenvalue weighted by Crippen LogP contribution is -2.16. The van der Waals surface area contributed by atoms with Gasteiger partial charge >= 0.3 is 5.92 Å². The number of hydrogen-bond donors (Lipinski definition) is 0. The van der Waals surface area contributed by atoms with Crippen molar-refractivity contribution in [3.63, 3.8) is 0 Å². The highest BCUT2D eigenvalue weighted by molar-refractivity contribution is 6.30. The van der Waals surface area contributed by atoms with E-state index in [1.807, 2.05) is 6.92 Å². The summed E-state index contributed by atoms with van der Waals surface area (Å²) in [5, 5.41) is 5.22. The van der Waals surface area contributed by atoms with Gasteiger partial charge in [-0.25, -0.2) is 19.6 Å². The fourth-order valence-corrected chi connectivity index (χ4v) is 2.20. The Balaban J connectivity index is 2.23. The normalized spacial score (nSPS) is 12.0. The molecular weight excluding hydrogens is 312 g/mol. The van der Waals surface area contributed by atoms with E-state index in [1.54, 1.807) is 24.5 Å². The van der Waals surface area contributed by atoms with Crippen LogP contribution in [0.1, 0.15) is 25.4 Å². The lowest BCUT2D eigenvalue weighted by molar-refractivity contribution is 0.00742. The first-order chi connectivity index (χ1) is 10.4. The summed E-state index contributed by atoms with van der Waals surface area (Å²) in [4.78, 5) is 11.8. The molecule has 3 aromatic rings. The van der Waals surface area contributed by atoms with Crippen LogP contribution in [0.15, 0.2) is 24.5 Å². The molecule has 0 aromatic carbocycles. The van der Waals surface area contributed by atoms with E-state index in [1.165, 1.54) is 4.68 Å². The Labute approximate surface area is 130 Å². The highest BCUT2D eigenvalue weighted by Gasteiger charge is 2.29. The van der Waals surface area contributed by atoms with Crippen molar-refractivity contribution in [2.24, 2.45) is 0 Å². The van der Waals surface area contributed by atoms with Gasteiger partial charge in [0.25, 0.3) is 0 Å². The number of nitrogens with zero attached hydrogens (tertiary/aromatic N) is 5. The van der Waals surface area contributed by atoms with Gasteiger partial charge in [0, 0.05) is 36.3 Å².